The minimum Gasteiger partial charge on any atom is -0.403 e. The minimum atomic E-state index is -0.237. The summed E-state index contributed by atoms with van der Waals surface area (Å²) in [6, 6.07) is 8.49. The zero-order valence-corrected chi connectivity index (χ0v) is 12.0. The molecule has 18 heavy (non-hydrogen) atoms. The van der Waals surface area contributed by atoms with Crippen LogP contribution in [0.2, 0.25) is 6.32 Å². The predicted molar refractivity (Wildman–Crippen MR) is 75.5 cm³/mol. The van der Waals surface area contributed by atoms with E-state index in [-0.39, 0.29) is 18.3 Å². The number of rotatable bonds is 3. The Morgan fingerprint density at radius 1 is 1.00 bits per heavy atom. The van der Waals surface area contributed by atoms with Gasteiger partial charge in [0, 0.05) is 0 Å². The van der Waals surface area contributed by atoms with Gasteiger partial charge in [0.2, 0.25) is 0 Å². The molecule has 0 unspecified atom stereocenters. The van der Waals surface area contributed by atoms with Crippen LogP contribution < -0.4 is 0 Å². The largest absolute Gasteiger partial charge is 0.458 e. The highest BCUT2D eigenvalue weighted by atomic mass is 16.7. The van der Waals surface area contributed by atoms with Crippen molar-refractivity contribution >= 4 is 7.12 Å². The van der Waals surface area contributed by atoms with E-state index >= 15 is 0 Å². The second kappa shape index (κ2) is 4.71. The smallest absolute Gasteiger partial charge is 0.403 e. The Labute approximate surface area is 111 Å². The predicted octanol–water partition coefficient (Wildman–Crippen LogP) is 3.64. The maximum atomic E-state index is 5.96. The third-order valence-electron chi connectivity index (χ3n) is 3.93. The molecule has 1 aliphatic rings. The number of aryl methyl sites for hydroxylation is 1. The van der Waals surface area contributed by atoms with Gasteiger partial charge in [0.25, 0.3) is 0 Å². The Hall–Kier alpha value is -0.795. The van der Waals surface area contributed by atoms with Crippen LogP contribution in [0.5, 0.6) is 0 Å². The molecule has 1 saturated heterocycles. The second-order valence-corrected chi connectivity index (χ2v) is 6.04. The highest BCUT2D eigenvalue weighted by molar-refractivity contribution is 6.46. The van der Waals surface area contributed by atoms with E-state index in [0.29, 0.717) is 0 Å². The molecule has 0 saturated carbocycles. The van der Waals surface area contributed by atoms with E-state index < -0.39 is 0 Å². The van der Waals surface area contributed by atoms with Crippen molar-refractivity contribution in [2.75, 3.05) is 0 Å². The van der Waals surface area contributed by atoms with Crippen LogP contribution in [-0.2, 0) is 9.31 Å². The summed E-state index contributed by atoms with van der Waals surface area (Å²) in [4.78, 5) is 0. The van der Waals surface area contributed by atoms with Crippen LogP contribution in [0.15, 0.2) is 24.3 Å². The maximum Gasteiger partial charge on any atom is 0.458 e. The Morgan fingerprint density at radius 2 is 1.50 bits per heavy atom. The van der Waals surface area contributed by atoms with Crippen LogP contribution >= 0.6 is 0 Å². The zero-order chi connectivity index (χ0) is 13.4. The van der Waals surface area contributed by atoms with E-state index in [1.165, 1.54) is 11.1 Å². The maximum absolute atomic E-state index is 5.96. The SMILES string of the molecule is Cc1ccc([CH]CB2OC(C)(C)C(C)(C)O2)cc1. The van der Waals surface area contributed by atoms with Gasteiger partial charge in [-0.2, -0.15) is 0 Å². The molecule has 1 radical (unpaired) electrons. The van der Waals surface area contributed by atoms with Crippen LogP contribution in [-0.4, -0.2) is 18.3 Å². The van der Waals surface area contributed by atoms with Gasteiger partial charge in [-0.15, -0.1) is 0 Å². The lowest BCUT2D eigenvalue weighted by Gasteiger charge is -2.32. The van der Waals surface area contributed by atoms with Gasteiger partial charge in [0.1, 0.15) is 0 Å². The molecule has 0 aliphatic carbocycles. The second-order valence-electron chi connectivity index (χ2n) is 6.04. The molecule has 3 heteroatoms. The van der Waals surface area contributed by atoms with Crippen molar-refractivity contribution in [1.29, 1.82) is 0 Å². The fraction of sp³-hybridized carbons (Fsp3) is 0.533. The van der Waals surface area contributed by atoms with Gasteiger partial charge in [-0.3, -0.25) is 0 Å². The molecular weight excluding hydrogens is 223 g/mol. The molecule has 1 aromatic carbocycles. The molecule has 0 aromatic heterocycles. The van der Waals surface area contributed by atoms with Gasteiger partial charge in [-0.1, -0.05) is 29.8 Å². The Balaban J connectivity index is 1.91. The Kier molecular flexibility index (Phi) is 3.57. The summed E-state index contributed by atoms with van der Waals surface area (Å²) in [5, 5.41) is 0. The number of hydrogen-bond donors (Lipinski definition) is 0. The third-order valence-corrected chi connectivity index (χ3v) is 3.93. The molecule has 2 nitrogen and oxygen atoms in total. The van der Waals surface area contributed by atoms with Crippen LogP contribution in [0.4, 0.5) is 0 Å². The standard InChI is InChI=1S/C15H22BO2/c1-12-6-8-13(9-7-12)10-11-16-17-14(2,3)15(4,5)18-16/h6-10H,11H2,1-5H3. The van der Waals surface area contributed by atoms with Crippen LogP contribution in [0.25, 0.3) is 0 Å². The quantitative estimate of drug-likeness (QED) is 0.757. The highest BCUT2D eigenvalue weighted by Crippen LogP contribution is 2.38. The normalized spacial score (nSPS) is 21.3. The van der Waals surface area contributed by atoms with Gasteiger partial charge in [0.05, 0.1) is 11.2 Å². The first-order valence-corrected chi connectivity index (χ1v) is 6.56. The lowest BCUT2D eigenvalue weighted by Crippen LogP contribution is -2.41. The monoisotopic (exact) mass is 245 g/mol. The van der Waals surface area contributed by atoms with E-state index in [9.17, 15) is 0 Å². The van der Waals surface area contributed by atoms with Crippen molar-refractivity contribution in [2.45, 2.75) is 52.1 Å². The minimum absolute atomic E-state index is 0.142. The van der Waals surface area contributed by atoms with Gasteiger partial charge in [0.15, 0.2) is 0 Å². The van der Waals surface area contributed by atoms with Crippen LogP contribution in [0.3, 0.4) is 0 Å². The molecule has 1 fully saturated rings. The first-order chi connectivity index (χ1) is 8.30. The molecule has 0 N–H and O–H groups in total. The zero-order valence-electron chi connectivity index (χ0n) is 12.0. The molecule has 0 bridgehead atoms. The van der Waals surface area contributed by atoms with Crippen molar-refractivity contribution in [2.24, 2.45) is 0 Å². The van der Waals surface area contributed by atoms with E-state index in [1.54, 1.807) is 0 Å². The molecule has 0 atom stereocenters. The highest BCUT2D eigenvalue weighted by Gasteiger charge is 2.50. The molecule has 1 aliphatic heterocycles. The molecule has 97 valence electrons. The summed E-state index contributed by atoms with van der Waals surface area (Å²) in [6.45, 7) is 10.4. The fourth-order valence-electron chi connectivity index (χ4n) is 2.00. The number of hydrogen-bond acceptors (Lipinski definition) is 2. The fourth-order valence-corrected chi connectivity index (χ4v) is 2.00. The van der Waals surface area contributed by atoms with Gasteiger partial charge in [-0.25, -0.2) is 0 Å². The summed E-state index contributed by atoms with van der Waals surface area (Å²) < 4.78 is 11.9. The van der Waals surface area contributed by atoms with E-state index in [4.69, 9.17) is 9.31 Å². The van der Waals surface area contributed by atoms with Crippen LogP contribution in [0, 0.1) is 13.3 Å². The Bertz CT molecular complexity index is 393. The average Bonchev–Trinajstić information content (AvgIpc) is 2.47. The molecule has 1 aromatic rings. The van der Waals surface area contributed by atoms with Gasteiger partial charge >= 0.3 is 7.12 Å². The molecule has 1 heterocycles. The topological polar surface area (TPSA) is 18.5 Å². The van der Waals surface area contributed by atoms with Crippen molar-refractivity contribution in [3.05, 3.63) is 41.8 Å². The first-order valence-electron chi connectivity index (χ1n) is 6.56. The van der Waals surface area contributed by atoms with E-state index in [2.05, 4.69) is 65.3 Å². The molecule has 0 amide bonds. The summed E-state index contributed by atoms with van der Waals surface area (Å²) in [7, 11) is -0.142. The Morgan fingerprint density at radius 3 is 2.00 bits per heavy atom. The molecular formula is C15H22BO2. The summed E-state index contributed by atoms with van der Waals surface area (Å²) in [6.07, 6.45) is 2.96. The first kappa shape index (κ1) is 13.6. The number of benzene rings is 1. The van der Waals surface area contributed by atoms with Gasteiger partial charge in [-0.05, 0) is 52.9 Å². The average molecular weight is 245 g/mol. The van der Waals surface area contributed by atoms with E-state index in [1.807, 2.05) is 0 Å². The molecule has 2 rings (SSSR count). The van der Waals surface area contributed by atoms with Crippen LogP contribution in [0.1, 0.15) is 38.8 Å². The third kappa shape index (κ3) is 2.78. The summed E-state index contributed by atoms with van der Waals surface area (Å²) in [5.41, 5.74) is 2.02. The van der Waals surface area contributed by atoms with Crippen molar-refractivity contribution < 1.29 is 9.31 Å². The molecule has 0 spiro atoms. The van der Waals surface area contributed by atoms with E-state index in [0.717, 1.165) is 6.32 Å². The lowest BCUT2D eigenvalue weighted by atomic mass is 9.81. The summed E-state index contributed by atoms with van der Waals surface area (Å²) in [5.74, 6) is 0. The van der Waals surface area contributed by atoms with Crippen molar-refractivity contribution in [1.82, 2.24) is 0 Å². The summed E-state index contributed by atoms with van der Waals surface area (Å²) >= 11 is 0. The van der Waals surface area contributed by atoms with Gasteiger partial charge < -0.3 is 9.31 Å². The van der Waals surface area contributed by atoms with Crippen molar-refractivity contribution in [3.63, 3.8) is 0 Å². The van der Waals surface area contributed by atoms with Crippen molar-refractivity contribution in [3.8, 4) is 0 Å². The lowest BCUT2D eigenvalue weighted by molar-refractivity contribution is 0.00578.